The maximum atomic E-state index is 12.4. The van der Waals surface area contributed by atoms with Gasteiger partial charge in [0.25, 0.3) is 0 Å². The van der Waals surface area contributed by atoms with Crippen LogP contribution in [0, 0.1) is 11.3 Å². The van der Waals surface area contributed by atoms with Crippen molar-refractivity contribution in [2.45, 2.75) is 31.4 Å². The molecule has 0 bridgehead atoms. The van der Waals surface area contributed by atoms with Gasteiger partial charge in [-0.1, -0.05) is 19.8 Å². The number of phenols is 1. The van der Waals surface area contributed by atoms with Gasteiger partial charge in [0.2, 0.25) is 5.91 Å². The fourth-order valence-corrected chi connectivity index (χ4v) is 3.82. The average Bonchev–Trinajstić information content (AvgIpc) is 2.70. The number of phenolic OH excluding ortho intramolecular Hbond substituents is 1. The third-order valence-corrected chi connectivity index (χ3v) is 5.90. The minimum Gasteiger partial charge on any atom is -0.506 e. The monoisotopic (exact) mass is 444 g/mol. The molecule has 1 unspecified atom stereocenters. The topological polar surface area (TPSA) is 148 Å². The molecule has 0 fully saturated rings. The van der Waals surface area contributed by atoms with Gasteiger partial charge in [0, 0.05) is 23.7 Å². The summed E-state index contributed by atoms with van der Waals surface area (Å²) >= 11 is 0. The average molecular weight is 445 g/mol. The Hall–Kier alpha value is -3.58. The SMILES string of the molecule is CCCCC(C(=O)Nc1ccc(NC(=O)Nc2ccc(C#N)cc2)c(O)c1)S(C)(=O)=O. The Kier molecular flexibility index (Phi) is 7.99. The van der Waals surface area contributed by atoms with Crippen LogP contribution >= 0.6 is 0 Å². The lowest BCUT2D eigenvalue weighted by Gasteiger charge is -2.16. The number of carbonyl (C=O) groups is 2. The van der Waals surface area contributed by atoms with Crippen LogP contribution in [0.25, 0.3) is 0 Å². The molecule has 2 aromatic carbocycles. The molecule has 0 aromatic heterocycles. The highest BCUT2D eigenvalue weighted by molar-refractivity contribution is 7.92. The molecular formula is C21H24N4O5S. The molecule has 0 aliphatic carbocycles. The molecule has 164 valence electrons. The number of nitriles is 1. The first-order chi connectivity index (χ1) is 14.6. The molecule has 0 saturated carbocycles. The predicted molar refractivity (Wildman–Crippen MR) is 119 cm³/mol. The lowest BCUT2D eigenvalue weighted by atomic mass is 10.2. The molecule has 0 saturated heterocycles. The molecule has 4 N–H and O–H groups in total. The molecule has 9 nitrogen and oxygen atoms in total. The number of nitrogens with one attached hydrogen (secondary N) is 3. The van der Waals surface area contributed by atoms with Crippen molar-refractivity contribution in [3.05, 3.63) is 48.0 Å². The fourth-order valence-electron chi connectivity index (χ4n) is 2.78. The van der Waals surface area contributed by atoms with E-state index in [1.807, 2.05) is 13.0 Å². The lowest BCUT2D eigenvalue weighted by Crippen LogP contribution is -2.34. The van der Waals surface area contributed by atoms with E-state index in [-0.39, 0.29) is 23.5 Å². The van der Waals surface area contributed by atoms with E-state index in [0.29, 0.717) is 17.7 Å². The summed E-state index contributed by atoms with van der Waals surface area (Å²) in [5.74, 6) is -0.980. The number of benzene rings is 2. The van der Waals surface area contributed by atoms with Crippen LogP contribution in [0.2, 0.25) is 0 Å². The van der Waals surface area contributed by atoms with Crippen molar-refractivity contribution < 1.29 is 23.1 Å². The molecule has 31 heavy (non-hydrogen) atoms. The summed E-state index contributed by atoms with van der Waals surface area (Å²) < 4.78 is 23.8. The highest BCUT2D eigenvalue weighted by Gasteiger charge is 2.28. The first-order valence-electron chi connectivity index (χ1n) is 9.55. The van der Waals surface area contributed by atoms with E-state index in [9.17, 15) is 23.1 Å². The standard InChI is InChI=1S/C21H24N4O5S/c1-3-4-5-19(31(2,29)30)20(27)23-16-10-11-17(18(26)12-16)25-21(28)24-15-8-6-14(13-22)7-9-15/h6-12,19,26H,3-5H2,1-2H3,(H,23,27)(H2,24,25,28). The third kappa shape index (κ3) is 7.01. The molecular weight excluding hydrogens is 420 g/mol. The quantitative estimate of drug-likeness (QED) is 0.458. The number of unbranched alkanes of at least 4 members (excludes halogenated alkanes) is 1. The number of hydrogen-bond acceptors (Lipinski definition) is 6. The van der Waals surface area contributed by atoms with Crippen molar-refractivity contribution in [2.75, 3.05) is 22.2 Å². The van der Waals surface area contributed by atoms with Crippen molar-refractivity contribution in [1.82, 2.24) is 0 Å². The molecule has 3 amide bonds. The largest absolute Gasteiger partial charge is 0.506 e. The number of nitrogens with zero attached hydrogens (tertiary/aromatic N) is 1. The Morgan fingerprint density at radius 1 is 1.06 bits per heavy atom. The number of carbonyl (C=O) groups excluding carboxylic acids is 2. The normalized spacial score (nSPS) is 11.8. The van der Waals surface area contributed by atoms with E-state index in [1.165, 1.54) is 18.2 Å². The summed E-state index contributed by atoms with van der Waals surface area (Å²) in [4.78, 5) is 24.5. The van der Waals surface area contributed by atoms with Crippen LogP contribution in [0.5, 0.6) is 5.75 Å². The molecule has 0 radical (unpaired) electrons. The van der Waals surface area contributed by atoms with Gasteiger partial charge in [0.1, 0.15) is 11.0 Å². The van der Waals surface area contributed by atoms with Crippen LogP contribution in [0.4, 0.5) is 21.9 Å². The highest BCUT2D eigenvalue weighted by Crippen LogP contribution is 2.27. The lowest BCUT2D eigenvalue weighted by molar-refractivity contribution is -0.115. The Morgan fingerprint density at radius 3 is 2.26 bits per heavy atom. The van der Waals surface area contributed by atoms with E-state index in [1.54, 1.807) is 24.3 Å². The molecule has 2 rings (SSSR count). The van der Waals surface area contributed by atoms with Crippen molar-refractivity contribution in [3.63, 3.8) is 0 Å². The Morgan fingerprint density at radius 2 is 1.71 bits per heavy atom. The second-order valence-corrected chi connectivity index (χ2v) is 9.18. The Balaban J connectivity index is 2.04. The number of anilines is 3. The van der Waals surface area contributed by atoms with E-state index >= 15 is 0 Å². The maximum absolute atomic E-state index is 12.4. The number of sulfone groups is 1. The summed E-state index contributed by atoms with van der Waals surface area (Å²) in [6.45, 7) is 1.90. The summed E-state index contributed by atoms with van der Waals surface area (Å²) in [7, 11) is -3.58. The Labute approximate surface area is 181 Å². The van der Waals surface area contributed by atoms with Gasteiger partial charge in [-0.25, -0.2) is 13.2 Å². The minimum absolute atomic E-state index is 0.0924. The van der Waals surface area contributed by atoms with Crippen LogP contribution in [0.1, 0.15) is 31.7 Å². The second kappa shape index (κ2) is 10.4. The zero-order valence-electron chi connectivity index (χ0n) is 17.2. The molecule has 2 aromatic rings. The van der Waals surface area contributed by atoms with Crippen LogP contribution in [0.3, 0.4) is 0 Å². The van der Waals surface area contributed by atoms with Gasteiger partial charge < -0.3 is 21.1 Å². The van der Waals surface area contributed by atoms with E-state index < -0.39 is 27.0 Å². The van der Waals surface area contributed by atoms with E-state index in [4.69, 9.17) is 5.26 Å². The summed E-state index contributed by atoms with van der Waals surface area (Å²) in [6.07, 6.45) is 2.57. The first-order valence-corrected chi connectivity index (χ1v) is 11.5. The summed E-state index contributed by atoms with van der Waals surface area (Å²) in [6, 6.07) is 11.6. The van der Waals surface area contributed by atoms with E-state index in [0.717, 1.165) is 12.7 Å². The minimum atomic E-state index is -3.58. The van der Waals surface area contributed by atoms with Gasteiger partial charge >= 0.3 is 6.03 Å². The van der Waals surface area contributed by atoms with Crippen molar-refractivity contribution in [2.24, 2.45) is 0 Å². The number of urea groups is 1. The van der Waals surface area contributed by atoms with Crippen LogP contribution < -0.4 is 16.0 Å². The predicted octanol–water partition coefficient (Wildman–Crippen LogP) is 3.45. The van der Waals surface area contributed by atoms with Gasteiger partial charge in [-0.15, -0.1) is 0 Å². The molecule has 1 atom stereocenters. The zero-order chi connectivity index (χ0) is 23.0. The van der Waals surface area contributed by atoms with Crippen molar-refractivity contribution >= 4 is 38.8 Å². The molecule has 0 aliphatic heterocycles. The van der Waals surface area contributed by atoms with Crippen LogP contribution in [0.15, 0.2) is 42.5 Å². The van der Waals surface area contributed by atoms with Gasteiger partial charge in [-0.05, 0) is 42.8 Å². The smallest absolute Gasteiger partial charge is 0.323 e. The van der Waals surface area contributed by atoms with Crippen molar-refractivity contribution in [3.8, 4) is 11.8 Å². The summed E-state index contributed by atoms with van der Waals surface area (Å²) in [5.41, 5.74) is 1.20. The van der Waals surface area contributed by atoms with Crippen LogP contribution in [-0.4, -0.2) is 37.0 Å². The van der Waals surface area contributed by atoms with Gasteiger partial charge in [0.15, 0.2) is 9.84 Å². The fraction of sp³-hybridized carbons (Fsp3) is 0.286. The number of amides is 3. The maximum Gasteiger partial charge on any atom is 0.323 e. The first kappa shape index (κ1) is 23.7. The molecule has 0 spiro atoms. The van der Waals surface area contributed by atoms with Crippen molar-refractivity contribution in [1.29, 1.82) is 5.26 Å². The van der Waals surface area contributed by atoms with Gasteiger partial charge in [0.05, 0.1) is 17.3 Å². The number of rotatable bonds is 8. The van der Waals surface area contributed by atoms with Gasteiger partial charge in [-0.2, -0.15) is 5.26 Å². The van der Waals surface area contributed by atoms with E-state index in [2.05, 4.69) is 16.0 Å². The molecule has 10 heteroatoms. The molecule has 0 heterocycles. The Bertz CT molecular complexity index is 1090. The van der Waals surface area contributed by atoms with Crippen LogP contribution in [-0.2, 0) is 14.6 Å². The molecule has 0 aliphatic rings. The number of aromatic hydroxyl groups is 1. The van der Waals surface area contributed by atoms with Gasteiger partial charge in [-0.3, -0.25) is 4.79 Å². The third-order valence-electron chi connectivity index (χ3n) is 4.41. The number of hydrogen-bond donors (Lipinski definition) is 4. The highest BCUT2D eigenvalue weighted by atomic mass is 32.2. The summed E-state index contributed by atoms with van der Waals surface area (Å²) in [5, 5.41) is 25.3. The zero-order valence-corrected chi connectivity index (χ0v) is 18.0. The second-order valence-electron chi connectivity index (χ2n) is 6.95.